The Morgan fingerprint density at radius 3 is 2.57 bits per heavy atom. The molecule has 30 heavy (non-hydrogen) atoms. The van der Waals surface area contributed by atoms with E-state index in [-0.39, 0.29) is 5.56 Å². The lowest BCUT2D eigenvalue weighted by Crippen LogP contribution is -2.13. The number of aryl methyl sites for hydroxylation is 2. The number of fused-ring (bicyclic) bond motifs is 3. The fourth-order valence-corrected chi connectivity index (χ4v) is 3.61. The average molecular weight is 400 g/mol. The molecule has 4 rings (SSSR count). The number of H-pyrrole nitrogens is 1. The SMILES string of the molecule is Cc1cc(/C=C/C(C)(C)O)cc(C)c1Nc1nc2ccncc2c2c(=O)[nH]ccc12. The monoisotopic (exact) mass is 400 g/mol. The molecule has 4 aromatic rings. The van der Waals surface area contributed by atoms with Crippen molar-refractivity contribution in [2.24, 2.45) is 0 Å². The molecule has 0 saturated heterocycles. The summed E-state index contributed by atoms with van der Waals surface area (Å²) in [6.07, 6.45) is 8.66. The summed E-state index contributed by atoms with van der Waals surface area (Å²) < 4.78 is 0. The van der Waals surface area contributed by atoms with Crippen LogP contribution in [-0.2, 0) is 0 Å². The fraction of sp³-hybridized carbons (Fsp3) is 0.208. The van der Waals surface area contributed by atoms with Crippen LogP contribution in [0.1, 0.15) is 30.5 Å². The van der Waals surface area contributed by atoms with Crippen molar-refractivity contribution in [3.05, 3.63) is 76.0 Å². The average Bonchev–Trinajstić information content (AvgIpc) is 2.68. The van der Waals surface area contributed by atoms with Crippen LogP contribution in [0.25, 0.3) is 27.8 Å². The van der Waals surface area contributed by atoms with Gasteiger partial charge in [-0.25, -0.2) is 4.98 Å². The van der Waals surface area contributed by atoms with Crippen LogP contribution in [0.5, 0.6) is 0 Å². The van der Waals surface area contributed by atoms with Crippen molar-refractivity contribution in [1.82, 2.24) is 15.0 Å². The number of benzene rings is 1. The molecule has 0 unspecified atom stereocenters. The number of aromatic nitrogens is 3. The van der Waals surface area contributed by atoms with E-state index in [4.69, 9.17) is 4.98 Å². The maximum atomic E-state index is 12.6. The minimum Gasteiger partial charge on any atom is -0.386 e. The number of anilines is 2. The second-order valence-corrected chi connectivity index (χ2v) is 8.09. The highest BCUT2D eigenvalue weighted by molar-refractivity contribution is 6.09. The largest absolute Gasteiger partial charge is 0.386 e. The van der Waals surface area contributed by atoms with Gasteiger partial charge in [0, 0.05) is 35.1 Å². The van der Waals surface area contributed by atoms with Gasteiger partial charge in [-0.2, -0.15) is 0 Å². The lowest BCUT2D eigenvalue weighted by atomic mass is 10.0. The molecule has 0 amide bonds. The molecule has 0 aliphatic rings. The predicted molar refractivity (Wildman–Crippen MR) is 122 cm³/mol. The van der Waals surface area contributed by atoms with Gasteiger partial charge in [0.1, 0.15) is 5.82 Å². The number of rotatable bonds is 4. The summed E-state index contributed by atoms with van der Waals surface area (Å²) in [5, 5.41) is 15.4. The summed E-state index contributed by atoms with van der Waals surface area (Å²) in [5.74, 6) is 0.626. The Morgan fingerprint density at radius 1 is 1.13 bits per heavy atom. The first-order valence-corrected chi connectivity index (χ1v) is 9.78. The first-order chi connectivity index (χ1) is 14.2. The number of nitrogens with zero attached hydrogens (tertiary/aromatic N) is 2. The van der Waals surface area contributed by atoms with Crippen LogP contribution in [0.2, 0.25) is 0 Å². The van der Waals surface area contributed by atoms with E-state index in [0.29, 0.717) is 16.7 Å². The van der Waals surface area contributed by atoms with Gasteiger partial charge < -0.3 is 15.4 Å². The third kappa shape index (κ3) is 3.82. The summed E-state index contributed by atoms with van der Waals surface area (Å²) in [5.41, 5.74) is 3.71. The van der Waals surface area contributed by atoms with E-state index in [2.05, 4.69) is 27.4 Å². The molecule has 152 valence electrons. The minimum absolute atomic E-state index is 0.170. The van der Waals surface area contributed by atoms with E-state index in [1.807, 2.05) is 26.0 Å². The fourth-order valence-electron chi connectivity index (χ4n) is 3.61. The Labute approximate surface area is 174 Å². The molecular formula is C24H24N4O2. The zero-order chi connectivity index (χ0) is 21.5. The highest BCUT2D eigenvalue weighted by atomic mass is 16.3. The highest BCUT2D eigenvalue weighted by Gasteiger charge is 2.14. The molecule has 6 heteroatoms. The number of hydrogen-bond donors (Lipinski definition) is 3. The third-order valence-electron chi connectivity index (χ3n) is 5.00. The van der Waals surface area contributed by atoms with Gasteiger partial charge in [0.05, 0.1) is 16.5 Å². The molecular weight excluding hydrogens is 376 g/mol. The van der Waals surface area contributed by atoms with Gasteiger partial charge in [0.25, 0.3) is 5.56 Å². The molecule has 1 aromatic carbocycles. The molecule has 0 aliphatic heterocycles. The second-order valence-electron chi connectivity index (χ2n) is 8.09. The number of pyridine rings is 3. The maximum Gasteiger partial charge on any atom is 0.256 e. The normalized spacial score (nSPS) is 12.2. The zero-order valence-corrected chi connectivity index (χ0v) is 17.4. The Bertz CT molecular complexity index is 1320. The lowest BCUT2D eigenvalue weighted by Gasteiger charge is -2.16. The highest BCUT2D eigenvalue weighted by Crippen LogP contribution is 2.31. The van der Waals surface area contributed by atoms with Crippen LogP contribution < -0.4 is 10.9 Å². The molecule has 0 spiro atoms. The maximum absolute atomic E-state index is 12.6. The van der Waals surface area contributed by atoms with E-state index in [1.54, 1.807) is 44.6 Å². The lowest BCUT2D eigenvalue weighted by molar-refractivity contribution is 0.134. The van der Waals surface area contributed by atoms with E-state index in [0.717, 1.165) is 33.2 Å². The first kappa shape index (κ1) is 19.8. The standard InChI is InChI=1S/C24H24N4O2/c1-14-11-16(5-8-24(3,4)30)12-15(2)21(14)28-22-17-6-10-26-23(29)20(17)18-13-25-9-7-19(18)27-22/h5-13,30H,1-4H3,(H,26,29)(H,27,28)/b8-5+. The van der Waals surface area contributed by atoms with Gasteiger partial charge in [0.2, 0.25) is 0 Å². The van der Waals surface area contributed by atoms with Gasteiger partial charge in [-0.3, -0.25) is 9.78 Å². The van der Waals surface area contributed by atoms with Gasteiger partial charge >= 0.3 is 0 Å². The van der Waals surface area contributed by atoms with Gasteiger partial charge in [-0.1, -0.05) is 12.2 Å². The second kappa shape index (κ2) is 7.39. The molecule has 0 atom stereocenters. The first-order valence-electron chi connectivity index (χ1n) is 9.78. The van der Waals surface area contributed by atoms with E-state index in [1.165, 1.54) is 0 Å². The van der Waals surface area contributed by atoms with Crippen LogP contribution in [0.4, 0.5) is 11.5 Å². The Hall–Kier alpha value is -3.51. The predicted octanol–water partition coefficient (Wildman–Crippen LogP) is 4.62. The molecule has 0 bridgehead atoms. The number of nitrogens with one attached hydrogen (secondary N) is 2. The van der Waals surface area contributed by atoms with Gasteiger partial charge in [0.15, 0.2) is 0 Å². The summed E-state index contributed by atoms with van der Waals surface area (Å²) in [6.45, 7) is 7.53. The van der Waals surface area contributed by atoms with Crippen molar-refractivity contribution in [3.8, 4) is 0 Å². The smallest absolute Gasteiger partial charge is 0.256 e. The van der Waals surface area contributed by atoms with Crippen molar-refractivity contribution < 1.29 is 5.11 Å². The molecule has 0 aliphatic carbocycles. The Kier molecular flexibility index (Phi) is 4.87. The molecule has 0 radical (unpaired) electrons. The Morgan fingerprint density at radius 2 is 1.87 bits per heavy atom. The van der Waals surface area contributed by atoms with Crippen molar-refractivity contribution in [3.63, 3.8) is 0 Å². The summed E-state index contributed by atoms with van der Waals surface area (Å²) in [4.78, 5) is 24.2. The van der Waals surface area contributed by atoms with Crippen molar-refractivity contribution >= 4 is 39.3 Å². The summed E-state index contributed by atoms with van der Waals surface area (Å²) in [7, 11) is 0. The minimum atomic E-state index is -0.866. The van der Waals surface area contributed by atoms with Crippen molar-refractivity contribution in [2.45, 2.75) is 33.3 Å². The summed E-state index contributed by atoms with van der Waals surface area (Å²) >= 11 is 0. The molecule has 6 nitrogen and oxygen atoms in total. The van der Waals surface area contributed by atoms with Gasteiger partial charge in [-0.05, 0) is 68.7 Å². The zero-order valence-electron chi connectivity index (χ0n) is 17.4. The van der Waals surface area contributed by atoms with E-state index in [9.17, 15) is 9.90 Å². The topological polar surface area (TPSA) is 90.9 Å². The number of hydrogen-bond acceptors (Lipinski definition) is 5. The molecule has 0 fully saturated rings. The molecule has 3 aromatic heterocycles. The van der Waals surface area contributed by atoms with Crippen LogP contribution in [0.15, 0.2) is 53.7 Å². The van der Waals surface area contributed by atoms with Crippen molar-refractivity contribution in [2.75, 3.05) is 5.32 Å². The van der Waals surface area contributed by atoms with Crippen LogP contribution >= 0.6 is 0 Å². The Balaban J connectivity index is 1.84. The van der Waals surface area contributed by atoms with Crippen LogP contribution in [0, 0.1) is 13.8 Å². The molecule has 3 heterocycles. The third-order valence-corrected chi connectivity index (χ3v) is 5.00. The van der Waals surface area contributed by atoms with Gasteiger partial charge in [-0.15, -0.1) is 0 Å². The van der Waals surface area contributed by atoms with E-state index >= 15 is 0 Å². The number of aliphatic hydroxyl groups is 1. The quantitative estimate of drug-likeness (QED) is 0.435. The van der Waals surface area contributed by atoms with Crippen LogP contribution in [-0.4, -0.2) is 25.7 Å². The van der Waals surface area contributed by atoms with E-state index < -0.39 is 5.60 Å². The molecule has 3 N–H and O–H groups in total. The number of aromatic amines is 1. The summed E-state index contributed by atoms with van der Waals surface area (Å²) in [6, 6.07) is 7.76. The van der Waals surface area contributed by atoms with Crippen LogP contribution in [0.3, 0.4) is 0 Å². The molecule has 0 saturated carbocycles. The van der Waals surface area contributed by atoms with Crippen molar-refractivity contribution in [1.29, 1.82) is 0 Å².